The van der Waals surface area contributed by atoms with Gasteiger partial charge in [0.1, 0.15) is 5.25 Å². The van der Waals surface area contributed by atoms with E-state index in [4.69, 9.17) is 15.4 Å². The fraction of sp³-hybridized carbons (Fsp3) is 0.364. The highest BCUT2D eigenvalue weighted by atomic mass is 35.7. The van der Waals surface area contributed by atoms with Crippen LogP contribution >= 0.6 is 10.7 Å². The van der Waals surface area contributed by atoms with Crippen LogP contribution in [-0.2, 0) is 13.8 Å². The van der Waals surface area contributed by atoms with Crippen LogP contribution in [0.2, 0.25) is 0 Å². The van der Waals surface area contributed by atoms with E-state index in [1.807, 2.05) is 0 Å². The summed E-state index contributed by atoms with van der Waals surface area (Å²) in [5, 5.41) is -1.02. The Bertz CT molecular complexity index is 619. The van der Waals surface area contributed by atoms with Crippen molar-refractivity contribution in [2.24, 2.45) is 0 Å². The fourth-order valence-corrected chi connectivity index (χ4v) is 2.99. The number of anilines is 1. The average molecular weight is 308 g/mol. The number of carbonyl (C=O) groups is 1. The molecule has 1 aromatic carbocycles. The highest BCUT2D eigenvalue weighted by Crippen LogP contribution is 2.32. The second-order valence-corrected chi connectivity index (χ2v) is 7.01. The van der Waals surface area contributed by atoms with Gasteiger partial charge in [-0.2, -0.15) is 0 Å². The Morgan fingerprint density at radius 2 is 2.16 bits per heavy atom. The number of methoxy groups -OCH3 is 1. The van der Waals surface area contributed by atoms with Crippen molar-refractivity contribution >= 4 is 31.3 Å². The summed E-state index contributed by atoms with van der Waals surface area (Å²) in [4.78, 5) is 12.9. The van der Waals surface area contributed by atoms with Gasteiger partial charge in [-0.25, -0.2) is 12.8 Å². The molecule has 104 valence electrons. The molecule has 0 N–H and O–H groups in total. The summed E-state index contributed by atoms with van der Waals surface area (Å²) in [5.74, 6) is -1.20. The molecular weight excluding hydrogens is 297 g/mol. The van der Waals surface area contributed by atoms with Gasteiger partial charge in [-0.05, 0) is 12.1 Å². The lowest BCUT2D eigenvalue weighted by Gasteiger charge is -2.18. The molecule has 1 heterocycles. The molecule has 2 rings (SSSR count). The van der Waals surface area contributed by atoms with Crippen molar-refractivity contribution in [3.8, 4) is 5.75 Å². The number of benzene rings is 1. The van der Waals surface area contributed by atoms with Gasteiger partial charge in [-0.1, -0.05) is 6.07 Å². The summed E-state index contributed by atoms with van der Waals surface area (Å²) in [5.41, 5.74) is -0.00725. The molecule has 8 heteroatoms. The smallest absolute Gasteiger partial charge is 0.237 e. The Balaban J connectivity index is 2.36. The third-order valence-corrected chi connectivity index (χ3v) is 4.81. The zero-order valence-corrected chi connectivity index (χ0v) is 11.5. The largest absolute Gasteiger partial charge is 0.494 e. The van der Waals surface area contributed by atoms with E-state index in [1.54, 1.807) is 0 Å². The maximum Gasteiger partial charge on any atom is 0.237 e. The molecule has 1 amide bonds. The van der Waals surface area contributed by atoms with Gasteiger partial charge in [0.05, 0.1) is 12.8 Å². The molecule has 1 aliphatic heterocycles. The van der Waals surface area contributed by atoms with Gasteiger partial charge in [-0.15, -0.1) is 0 Å². The van der Waals surface area contributed by atoms with Gasteiger partial charge >= 0.3 is 0 Å². The van der Waals surface area contributed by atoms with Gasteiger partial charge in [0.25, 0.3) is 0 Å². The van der Waals surface area contributed by atoms with Crippen LogP contribution in [0.5, 0.6) is 5.75 Å². The Kier molecular flexibility index (Phi) is 3.69. The monoisotopic (exact) mass is 307 g/mol. The van der Waals surface area contributed by atoms with Crippen molar-refractivity contribution in [2.75, 3.05) is 18.6 Å². The van der Waals surface area contributed by atoms with Gasteiger partial charge in [-0.3, -0.25) is 4.79 Å². The molecule has 0 bridgehead atoms. The second-order valence-electron chi connectivity index (χ2n) is 4.10. The minimum Gasteiger partial charge on any atom is -0.494 e. The molecule has 0 aromatic heterocycles. The van der Waals surface area contributed by atoms with Crippen LogP contribution in [0, 0.1) is 5.82 Å². The summed E-state index contributed by atoms with van der Waals surface area (Å²) in [7, 11) is 2.69. The lowest BCUT2D eigenvalue weighted by molar-refractivity contribution is -0.117. The summed E-state index contributed by atoms with van der Waals surface area (Å²) in [6.07, 6.45) is -0.248. The van der Waals surface area contributed by atoms with E-state index in [0.29, 0.717) is 0 Å². The average Bonchev–Trinajstić information content (AvgIpc) is 2.71. The maximum atomic E-state index is 14.0. The van der Waals surface area contributed by atoms with Crippen molar-refractivity contribution in [2.45, 2.75) is 11.7 Å². The van der Waals surface area contributed by atoms with Crippen LogP contribution in [0.3, 0.4) is 0 Å². The molecule has 0 spiro atoms. The number of rotatable bonds is 3. The standard InChI is InChI=1S/C11H11ClFNO4S/c1-18-9-4-2-3-8(11(9)13)14-6-7(5-10(14)15)19(12,16)17/h2-4,7H,5-6H2,1H3. The summed E-state index contributed by atoms with van der Waals surface area (Å²) < 4.78 is 41.3. The predicted molar refractivity (Wildman–Crippen MR) is 68.5 cm³/mol. The van der Waals surface area contributed by atoms with Crippen LogP contribution in [0.4, 0.5) is 10.1 Å². The summed E-state index contributed by atoms with van der Waals surface area (Å²) >= 11 is 0. The first-order valence-electron chi connectivity index (χ1n) is 5.41. The van der Waals surface area contributed by atoms with Crippen LogP contribution in [0.15, 0.2) is 18.2 Å². The fourth-order valence-electron chi connectivity index (χ4n) is 1.96. The van der Waals surface area contributed by atoms with Crippen molar-refractivity contribution < 1.29 is 22.3 Å². The Hall–Kier alpha value is -1.34. The Morgan fingerprint density at radius 1 is 1.47 bits per heavy atom. The van der Waals surface area contributed by atoms with Crippen LogP contribution in [-0.4, -0.2) is 33.2 Å². The van der Waals surface area contributed by atoms with E-state index < -0.39 is 26.0 Å². The van der Waals surface area contributed by atoms with Gasteiger partial charge < -0.3 is 9.64 Å². The molecular formula is C11H11ClFNO4S. The van der Waals surface area contributed by atoms with E-state index >= 15 is 0 Å². The van der Waals surface area contributed by atoms with Crippen molar-refractivity contribution in [3.05, 3.63) is 24.0 Å². The molecule has 1 atom stereocenters. The minimum atomic E-state index is -3.85. The Morgan fingerprint density at radius 3 is 2.68 bits per heavy atom. The van der Waals surface area contributed by atoms with E-state index in [-0.39, 0.29) is 24.4 Å². The Labute approximate surface area is 114 Å². The zero-order valence-electron chi connectivity index (χ0n) is 9.97. The predicted octanol–water partition coefficient (Wildman–Crippen LogP) is 1.51. The van der Waals surface area contributed by atoms with Crippen LogP contribution in [0.25, 0.3) is 0 Å². The third kappa shape index (κ3) is 2.66. The third-order valence-electron chi connectivity index (χ3n) is 2.94. The molecule has 1 aromatic rings. The molecule has 1 saturated heterocycles. The molecule has 5 nitrogen and oxygen atoms in total. The first-order valence-corrected chi connectivity index (χ1v) is 7.78. The van der Waals surface area contributed by atoms with E-state index in [2.05, 4.69) is 0 Å². The van der Waals surface area contributed by atoms with Gasteiger partial charge in [0, 0.05) is 23.6 Å². The highest BCUT2D eigenvalue weighted by molar-refractivity contribution is 8.14. The molecule has 0 radical (unpaired) electrons. The number of hydrogen-bond acceptors (Lipinski definition) is 4. The highest BCUT2D eigenvalue weighted by Gasteiger charge is 2.39. The second kappa shape index (κ2) is 4.97. The number of nitrogens with zero attached hydrogens (tertiary/aromatic N) is 1. The number of ether oxygens (including phenoxy) is 1. The summed E-state index contributed by atoms with van der Waals surface area (Å²) in [6.45, 7) is -0.158. The van der Waals surface area contributed by atoms with E-state index in [1.165, 1.54) is 25.3 Å². The normalized spacial score (nSPS) is 19.8. The van der Waals surface area contributed by atoms with Crippen molar-refractivity contribution in [1.29, 1.82) is 0 Å². The molecule has 1 fully saturated rings. The van der Waals surface area contributed by atoms with Gasteiger partial charge in [0.15, 0.2) is 11.6 Å². The van der Waals surface area contributed by atoms with Crippen LogP contribution in [0.1, 0.15) is 6.42 Å². The topological polar surface area (TPSA) is 63.7 Å². The van der Waals surface area contributed by atoms with Crippen molar-refractivity contribution in [1.82, 2.24) is 0 Å². The molecule has 1 unspecified atom stereocenters. The number of carbonyl (C=O) groups excluding carboxylic acids is 1. The lowest BCUT2D eigenvalue weighted by atomic mass is 10.2. The van der Waals surface area contributed by atoms with E-state index in [9.17, 15) is 17.6 Å². The quantitative estimate of drug-likeness (QED) is 0.794. The minimum absolute atomic E-state index is 0.00725. The van der Waals surface area contributed by atoms with Crippen molar-refractivity contribution in [3.63, 3.8) is 0 Å². The van der Waals surface area contributed by atoms with Gasteiger partial charge in [0.2, 0.25) is 15.0 Å². The SMILES string of the molecule is COc1cccc(N2CC(S(=O)(=O)Cl)CC2=O)c1F. The molecule has 1 aliphatic rings. The lowest BCUT2D eigenvalue weighted by Crippen LogP contribution is -2.27. The first kappa shape index (κ1) is 14.1. The summed E-state index contributed by atoms with van der Waals surface area (Å²) in [6, 6.07) is 4.32. The molecule has 19 heavy (non-hydrogen) atoms. The molecule has 0 aliphatic carbocycles. The maximum absolute atomic E-state index is 14.0. The van der Waals surface area contributed by atoms with E-state index in [0.717, 1.165) is 4.90 Å². The molecule has 0 saturated carbocycles. The first-order chi connectivity index (χ1) is 8.84. The zero-order chi connectivity index (χ0) is 14.2. The number of amides is 1. The number of hydrogen-bond donors (Lipinski definition) is 0. The number of halogens is 2. The van der Waals surface area contributed by atoms with Crippen LogP contribution < -0.4 is 9.64 Å².